The summed E-state index contributed by atoms with van der Waals surface area (Å²) in [7, 11) is -0.867. The summed E-state index contributed by atoms with van der Waals surface area (Å²) in [6, 6.07) is 3.12. The summed E-state index contributed by atoms with van der Waals surface area (Å²) in [6.07, 6.45) is 2.45. The Morgan fingerprint density at radius 1 is 1.48 bits per heavy atom. The van der Waals surface area contributed by atoms with Crippen molar-refractivity contribution < 1.29 is 8.60 Å². The lowest BCUT2D eigenvalue weighted by Gasteiger charge is -2.13. The molecule has 21 heavy (non-hydrogen) atoms. The number of aryl methyl sites for hydroxylation is 1. The molecule has 0 amide bonds. The lowest BCUT2D eigenvalue weighted by molar-refractivity contribution is 0.607. The Hall–Kier alpha value is -0.460. The Bertz CT molecular complexity index is 689. The highest BCUT2D eigenvalue weighted by Gasteiger charge is 2.18. The molecule has 7 heteroatoms. The molecule has 1 heterocycles. The number of fused-ring (bicyclic) bond motifs is 1. The Kier molecular flexibility index (Phi) is 5.43. The van der Waals surface area contributed by atoms with Crippen LogP contribution in [-0.2, 0) is 17.3 Å². The average molecular weight is 396 g/mol. The van der Waals surface area contributed by atoms with E-state index in [0.29, 0.717) is 22.4 Å². The fourth-order valence-electron chi connectivity index (χ4n) is 2.15. The minimum absolute atomic E-state index is 0.0878. The lowest BCUT2D eigenvalue weighted by Crippen LogP contribution is -2.14. The van der Waals surface area contributed by atoms with Gasteiger partial charge in [-0.15, -0.1) is 11.6 Å². The van der Waals surface area contributed by atoms with Crippen molar-refractivity contribution in [1.29, 1.82) is 0 Å². The zero-order valence-electron chi connectivity index (χ0n) is 12.1. The smallest absolute Gasteiger partial charge is 0.139 e. The third kappa shape index (κ3) is 3.66. The lowest BCUT2D eigenvalue weighted by atomic mass is 10.3. The molecule has 3 unspecified atom stereocenters. The monoisotopic (exact) mass is 394 g/mol. The molecule has 3 atom stereocenters. The van der Waals surface area contributed by atoms with Crippen molar-refractivity contribution in [3.8, 4) is 0 Å². The minimum atomic E-state index is -0.867. The number of nitrogens with zero attached hydrogens (tertiary/aromatic N) is 2. The van der Waals surface area contributed by atoms with Crippen molar-refractivity contribution in [3.63, 3.8) is 0 Å². The molecule has 0 saturated carbocycles. The van der Waals surface area contributed by atoms with Crippen LogP contribution in [0.15, 0.2) is 16.6 Å². The van der Waals surface area contributed by atoms with E-state index in [1.165, 1.54) is 6.07 Å². The molecular formula is C14H17BrClFN2OS. The minimum Gasteiger partial charge on any atom is -0.327 e. The average Bonchev–Trinajstić information content (AvgIpc) is 2.74. The number of benzene rings is 1. The van der Waals surface area contributed by atoms with Crippen LogP contribution < -0.4 is 0 Å². The number of imidazole rings is 1. The molecule has 1 aromatic carbocycles. The van der Waals surface area contributed by atoms with Gasteiger partial charge in [0.15, 0.2) is 0 Å². The van der Waals surface area contributed by atoms with E-state index < -0.39 is 10.8 Å². The van der Waals surface area contributed by atoms with E-state index in [-0.39, 0.29) is 16.4 Å². The Labute approximate surface area is 139 Å². The van der Waals surface area contributed by atoms with Gasteiger partial charge >= 0.3 is 0 Å². The van der Waals surface area contributed by atoms with Gasteiger partial charge in [0.1, 0.15) is 11.6 Å². The largest absolute Gasteiger partial charge is 0.327 e. The number of rotatable bonds is 5. The van der Waals surface area contributed by atoms with Crippen molar-refractivity contribution in [2.24, 2.45) is 0 Å². The Morgan fingerprint density at radius 2 is 2.14 bits per heavy atom. The highest BCUT2D eigenvalue weighted by Crippen LogP contribution is 2.29. The zero-order valence-corrected chi connectivity index (χ0v) is 15.2. The van der Waals surface area contributed by atoms with E-state index >= 15 is 0 Å². The van der Waals surface area contributed by atoms with E-state index in [1.54, 1.807) is 12.3 Å². The summed E-state index contributed by atoms with van der Waals surface area (Å²) in [5, 5.41) is -0.188. The van der Waals surface area contributed by atoms with Crippen molar-refractivity contribution >= 4 is 49.4 Å². The van der Waals surface area contributed by atoms with E-state index in [0.717, 1.165) is 11.9 Å². The molecule has 0 aliphatic carbocycles. The summed E-state index contributed by atoms with van der Waals surface area (Å²) >= 11 is 9.39. The zero-order chi connectivity index (χ0) is 15.7. The first-order chi connectivity index (χ1) is 9.81. The van der Waals surface area contributed by atoms with Crippen LogP contribution in [0.2, 0.25) is 0 Å². The van der Waals surface area contributed by atoms with Gasteiger partial charge in [0.2, 0.25) is 0 Å². The molecule has 1 aromatic heterocycles. The number of hydrogen-bond acceptors (Lipinski definition) is 2. The fourth-order valence-corrected chi connectivity index (χ4v) is 3.09. The summed E-state index contributed by atoms with van der Waals surface area (Å²) in [6.45, 7) is 4.45. The van der Waals surface area contributed by atoms with E-state index in [1.807, 2.05) is 18.4 Å². The van der Waals surface area contributed by atoms with Crippen LogP contribution in [0.1, 0.15) is 31.5 Å². The van der Waals surface area contributed by atoms with Gasteiger partial charge in [0, 0.05) is 34.9 Å². The molecule has 0 bridgehead atoms. The van der Waals surface area contributed by atoms with Crippen LogP contribution in [0.4, 0.5) is 4.39 Å². The maximum atomic E-state index is 13.6. The first kappa shape index (κ1) is 16.9. The highest BCUT2D eigenvalue weighted by atomic mass is 79.9. The Balaban J connectivity index is 2.46. The maximum absolute atomic E-state index is 13.6. The first-order valence-corrected chi connectivity index (χ1v) is 9.47. The topological polar surface area (TPSA) is 34.9 Å². The molecule has 3 nitrogen and oxygen atoms in total. The van der Waals surface area contributed by atoms with Gasteiger partial charge in [0.25, 0.3) is 0 Å². The molecule has 116 valence electrons. The molecule has 0 aliphatic heterocycles. The van der Waals surface area contributed by atoms with E-state index in [4.69, 9.17) is 11.6 Å². The SMILES string of the molecule is CC(Cl)c1nc2cc(F)c(Br)cc2n1CCC(C)S(C)=O. The van der Waals surface area contributed by atoms with Crippen molar-refractivity contribution in [1.82, 2.24) is 9.55 Å². The van der Waals surface area contributed by atoms with Gasteiger partial charge in [-0.05, 0) is 35.3 Å². The van der Waals surface area contributed by atoms with Gasteiger partial charge < -0.3 is 4.57 Å². The number of alkyl halides is 1. The first-order valence-electron chi connectivity index (χ1n) is 6.62. The predicted molar refractivity (Wildman–Crippen MR) is 89.8 cm³/mol. The fraction of sp³-hybridized carbons (Fsp3) is 0.500. The molecule has 0 aliphatic rings. The highest BCUT2D eigenvalue weighted by molar-refractivity contribution is 9.10. The van der Waals surface area contributed by atoms with Crippen LogP contribution in [0, 0.1) is 5.82 Å². The van der Waals surface area contributed by atoms with Crippen LogP contribution in [0.25, 0.3) is 11.0 Å². The molecule has 0 fully saturated rings. The standard InChI is InChI=1S/C14H17BrClFN2OS/c1-8(21(3)20)4-5-19-13-6-10(15)11(17)7-12(13)18-14(19)9(2)16/h6-9H,4-5H2,1-3H3. The van der Waals surface area contributed by atoms with Crippen LogP contribution in [0.3, 0.4) is 0 Å². The molecule has 2 rings (SSSR count). The second-order valence-corrected chi connectivity index (χ2v) is 8.40. The van der Waals surface area contributed by atoms with Gasteiger partial charge in [-0.1, -0.05) is 6.92 Å². The van der Waals surface area contributed by atoms with Crippen LogP contribution in [-0.4, -0.2) is 25.3 Å². The van der Waals surface area contributed by atoms with Gasteiger partial charge in [-0.3, -0.25) is 4.21 Å². The number of hydrogen-bond donors (Lipinski definition) is 0. The number of aromatic nitrogens is 2. The molecule has 0 N–H and O–H groups in total. The van der Waals surface area contributed by atoms with Gasteiger partial charge in [0.05, 0.1) is 20.9 Å². The van der Waals surface area contributed by atoms with Crippen molar-refractivity contribution in [2.45, 2.75) is 37.4 Å². The van der Waals surface area contributed by atoms with Crippen LogP contribution in [0.5, 0.6) is 0 Å². The molecule has 0 saturated heterocycles. The second kappa shape index (κ2) is 6.75. The molecule has 2 aromatic rings. The second-order valence-electron chi connectivity index (χ2n) is 5.09. The quantitative estimate of drug-likeness (QED) is 0.704. The third-order valence-corrected chi connectivity index (χ3v) is 5.67. The summed E-state index contributed by atoms with van der Waals surface area (Å²) in [5.74, 6) is 0.363. The molecular weight excluding hydrogens is 379 g/mol. The summed E-state index contributed by atoms with van der Waals surface area (Å²) in [5.41, 5.74) is 1.42. The molecule has 0 radical (unpaired) electrons. The predicted octanol–water partition coefficient (Wildman–Crippen LogP) is 4.39. The summed E-state index contributed by atoms with van der Waals surface area (Å²) < 4.78 is 27.5. The summed E-state index contributed by atoms with van der Waals surface area (Å²) in [4.78, 5) is 4.43. The van der Waals surface area contributed by atoms with Gasteiger partial charge in [-0.2, -0.15) is 0 Å². The Morgan fingerprint density at radius 3 is 2.71 bits per heavy atom. The van der Waals surface area contributed by atoms with Crippen LogP contribution >= 0.6 is 27.5 Å². The van der Waals surface area contributed by atoms with Crippen molar-refractivity contribution in [2.75, 3.05) is 6.26 Å². The maximum Gasteiger partial charge on any atom is 0.139 e. The van der Waals surface area contributed by atoms with Crippen molar-refractivity contribution in [3.05, 3.63) is 28.2 Å². The number of halogens is 3. The van der Waals surface area contributed by atoms with Gasteiger partial charge in [-0.25, -0.2) is 9.37 Å². The third-order valence-electron chi connectivity index (χ3n) is 3.50. The normalized spacial score (nSPS) is 16.1. The van der Waals surface area contributed by atoms with E-state index in [9.17, 15) is 8.60 Å². The molecule has 0 spiro atoms. The van der Waals surface area contributed by atoms with E-state index in [2.05, 4.69) is 20.9 Å².